The Morgan fingerprint density at radius 1 is 1.18 bits per heavy atom. The molecule has 3 heteroatoms. The average molecular weight is 237 g/mol. The number of nitrogen functional groups attached to an aromatic ring is 1. The second-order valence-electron chi connectivity index (χ2n) is 5.12. The Balaban J connectivity index is 2.52. The third-order valence-corrected chi connectivity index (χ3v) is 3.23. The zero-order chi connectivity index (χ0) is 12.8. The van der Waals surface area contributed by atoms with Gasteiger partial charge in [-0.1, -0.05) is 32.6 Å². The molecule has 1 heterocycles. The first-order valence-electron chi connectivity index (χ1n) is 6.91. The Morgan fingerprint density at radius 2 is 1.82 bits per heavy atom. The largest absolute Gasteiger partial charge is 0.384 e. The molecule has 0 aliphatic carbocycles. The van der Waals surface area contributed by atoms with E-state index in [0.717, 1.165) is 23.8 Å². The molecule has 0 amide bonds. The minimum absolute atomic E-state index is 0.399. The monoisotopic (exact) mass is 237 g/mol. The van der Waals surface area contributed by atoms with Crippen LogP contribution in [-0.4, -0.2) is 9.55 Å². The van der Waals surface area contributed by atoms with Crippen molar-refractivity contribution in [3.8, 4) is 0 Å². The first-order valence-corrected chi connectivity index (χ1v) is 6.91. The molecule has 98 valence electrons. The summed E-state index contributed by atoms with van der Waals surface area (Å²) in [5.41, 5.74) is 7.24. The highest BCUT2D eigenvalue weighted by Crippen LogP contribution is 2.21. The van der Waals surface area contributed by atoms with Crippen molar-refractivity contribution in [1.29, 1.82) is 0 Å². The van der Waals surface area contributed by atoms with Crippen LogP contribution >= 0.6 is 0 Å². The maximum absolute atomic E-state index is 6.15. The molecule has 0 bridgehead atoms. The smallest absolute Gasteiger partial charge is 0.127 e. The molecule has 0 fully saturated rings. The van der Waals surface area contributed by atoms with Crippen molar-refractivity contribution in [2.24, 2.45) is 0 Å². The molecule has 3 nitrogen and oxygen atoms in total. The van der Waals surface area contributed by atoms with Crippen LogP contribution in [0.5, 0.6) is 0 Å². The lowest BCUT2D eigenvalue weighted by Gasteiger charge is -2.11. The molecule has 1 aromatic rings. The van der Waals surface area contributed by atoms with Crippen LogP contribution in [0.2, 0.25) is 0 Å². The Kier molecular flexibility index (Phi) is 5.52. The first-order chi connectivity index (χ1) is 8.07. The van der Waals surface area contributed by atoms with Crippen molar-refractivity contribution >= 4 is 5.82 Å². The van der Waals surface area contributed by atoms with E-state index in [2.05, 4.69) is 30.3 Å². The molecule has 2 N–H and O–H groups in total. The minimum atomic E-state index is 0.399. The molecule has 1 rings (SSSR count). The van der Waals surface area contributed by atoms with E-state index in [0.29, 0.717) is 6.04 Å². The van der Waals surface area contributed by atoms with E-state index in [1.165, 1.54) is 32.1 Å². The van der Waals surface area contributed by atoms with Gasteiger partial charge in [-0.3, -0.25) is 0 Å². The summed E-state index contributed by atoms with van der Waals surface area (Å²) >= 11 is 0. The topological polar surface area (TPSA) is 43.8 Å². The quantitative estimate of drug-likeness (QED) is 0.732. The fourth-order valence-electron chi connectivity index (χ4n) is 2.35. The molecule has 0 aromatic carbocycles. The Hall–Kier alpha value is -0.990. The van der Waals surface area contributed by atoms with E-state index in [9.17, 15) is 0 Å². The Labute approximate surface area is 105 Å². The minimum Gasteiger partial charge on any atom is -0.384 e. The van der Waals surface area contributed by atoms with Gasteiger partial charge in [0.25, 0.3) is 0 Å². The molecule has 0 saturated heterocycles. The summed E-state index contributed by atoms with van der Waals surface area (Å²) in [6, 6.07) is 0.399. The average Bonchev–Trinajstić information content (AvgIpc) is 2.53. The number of nitrogens with two attached hydrogens (primary N) is 1. The number of aryl methyl sites for hydroxylation is 2. The summed E-state index contributed by atoms with van der Waals surface area (Å²) in [7, 11) is 0. The standard InChI is InChI=1S/C14H27N3/c1-5-6-7-8-9-10-13-14(15)17(11(2)3)12(4)16-13/h11H,5-10,15H2,1-4H3. The van der Waals surface area contributed by atoms with Gasteiger partial charge in [-0.25, -0.2) is 4.98 Å². The number of hydrogen-bond donors (Lipinski definition) is 1. The van der Waals surface area contributed by atoms with Gasteiger partial charge in [-0.2, -0.15) is 0 Å². The van der Waals surface area contributed by atoms with E-state index < -0.39 is 0 Å². The van der Waals surface area contributed by atoms with Gasteiger partial charge in [-0.05, 0) is 33.6 Å². The Bertz CT molecular complexity index is 339. The number of aromatic nitrogens is 2. The highest BCUT2D eigenvalue weighted by atomic mass is 15.2. The summed E-state index contributed by atoms with van der Waals surface area (Å²) in [6.45, 7) is 8.58. The number of rotatable bonds is 7. The van der Waals surface area contributed by atoms with Gasteiger partial charge in [0, 0.05) is 6.04 Å². The lowest BCUT2D eigenvalue weighted by molar-refractivity contribution is 0.590. The Morgan fingerprint density at radius 3 is 2.35 bits per heavy atom. The van der Waals surface area contributed by atoms with Crippen LogP contribution in [-0.2, 0) is 6.42 Å². The van der Waals surface area contributed by atoms with Crippen molar-refractivity contribution in [2.45, 2.75) is 72.3 Å². The van der Waals surface area contributed by atoms with Gasteiger partial charge < -0.3 is 10.3 Å². The molecule has 17 heavy (non-hydrogen) atoms. The predicted octanol–water partition coefficient (Wildman–Crippen LogP) is 3.87. The summed E-state index contributed by atoms with van der Waals surface area (Å²) in [4.78, 5) is 4.59. The fraction of sp³-hybridized carbons (Fsp3) is 0.786. The van der Waals surface area contributed by atoms with Crippen molar-refractivity contribution in [3.63, 3.8) is 0 Å². The number of unbranched alkanes of at least 4 members (excludes halogenated alkanes) is 4. The van der Waals surface area contributed by atoms with Crippen LogP contribution in [0, 0.1) is 6.92 Å². The first kappa shape index (κ1) is 14.1. The zero-order valence-electron chi connectivity index (χ0n) is 11.8. The molecule has 0 atom stereocenters. The van der Waals surface area contributed by atoms with Gasteiger partial charge >= 0.3 is 0 Å². The van der Waals surface area contributed by atoms with E-state index in [-0.39, 0.29) is 0 Å². The lowest BCUT2D eigenvalue weighted by atomic mass is 10.1. The van der Waals surface area contributed by atoms with Gasteiger partial charge in [0.1, 0.15) is 11.6 Å². The van der Waals surface area contributed by atoms with Gasteiger partial charge in [0.2, 0.25) is 0 Å². The summed E-state index contributed by atoms with van der Waals surface area (Å²) in [6.07, 6.45) is 7.49. The SMILES string of the molecule is CCCCCCCc1nc(C)n(C(C)C)c1N. The molecule has 0 saturated carbocycles. The zero-order valence-corrected chi connectivity index (χ0v) is 11.8. The van der Waals surface area contributed by atoms with Crippen LogP contribution in [0.15, 0.2) is 0 Å². The van der Waals surface area contributed by atoms with E-state index in [1.807, 2.05) is 6.92 Å². The normalized spacial score (nSPS) is 11.4. The lowest BCUT2D eigenvalue weighted by Crippen LogP contribution is -2.07. The molecule has 0 radical (unpaired) electrons. The molecular formula is C14H27N3. The molecule has 0 spiro atoms. The highest BCUT2D eigenvalue weighted by Gasteiger charge is 2.13. The van der Waals surface area contributed by atoms with E-state index in [1.54, 1.807) is 0 Å². The molecular weight excluding hydrogens is 210 g/mol. The summed E-state index contributed by atoms with van der Waals surface area (Å²) in [5.74, 6) is 1.91. The van der Waals surface area contributed by atoms with Crippen LogP contribution < -0.4 is 5.73 Å². The van der Waals surface area contributed by atoms with Gasteiger partial charge in [0.05, 0.1) is 5.69 Å². The van der Waals surface area contributed by atoms with Crippen molar-refractivity contribution < 1.29 is 0 Å². The van der Waals surface area contributed by atoms with Crippen LogP contribution in [0.4, 0.5) is 5.82 Å². The van der Waals surface area contributed by atoms with Crippen molar-refractivity contribution in [1.82, 2.24) is 9.55 Å². The maximum atomic E-state index is 6.15. The third kappa shape index (κ3) is 3.76. The number of hydrogen-bond acceptors (Lipinski definition) is 2. The second-order valence-corrected chi connectivity index (χ2v) is 5.12. The predicted molar refractivity (Wildman–Crippen MR) is 74.2 cm³/mol. The fourth-order valence-corrected chi connectivity index (χ4v) is 2.35. The van der Waals surface area contributed by atoms with Gasteiger partial charge in [-0.15, -0.1) is 0 Å². The van der Waals surface area contributed by atoms with Crippen LogP contribution in [0.25, 0.3) is 0 Å². The molecule has 0 unspecified atom stereocenters. The van der Waals surface area contributed by atoms with Gasteiger partial charge in [0.15, 0.2) is 0 Å². The van der Waals surface area contributed by atoms with Crippen molar-refractivity contribution in [2.75, 3.05) is 5.73 Å². The summed E-state index contributed by atoms with van der Waals surface area (Å²) in [5, 5.41) is 0. The second kappa shape index (κ2) is 6.67. The molecule has 1 aromatic heterocycles. The molecule has 0 aliphatic rings. The number of nitrogens with zero attached hydrogens (tertiary/aromatic N) is 2. The number of anilines is 1. The summed E-state index contributed by atoms with van der Waals surface area (Å²) < 4.78 is 2.13. The van der Waals surface area contributed by atoms with E-state index >= 15 is 0 Å². The van der Waals surface area contributed by atoms with Crippen LogP contribution in [0.1, 0.15) is 70.4 Å². The maximum Gasteiger partial charge on any atom is 0.127 e. The van der Waals surface area contributed by atoms with Crippen LogP contribution in [0.3, 0.4) is 0 Å². The third-order valence-electron chi connectivity index (χ3n) is 3.23. The molecule has 0 aliphatic heterocycles. The highest BCUT2D eigenvalue weighted by molar-refractivity contribution is 5.38. The number of imidazole rings is 1. The van der Waals surface area contributed by atoms with Crippen molar-refractivity contribution in [3.05, 3.63) is 11.5 Å². The van der Waals surface area contributed by atoms with E-state index in [4.69, 9.17) is 5.73 Å².